The van der Waals surface area contributed by atoms with E-state index in [4.69, 9.17) is 4.74 Å². The van der Waals surface area contributed by atoms with E-state index >= 15 is 0 Å². The minimum atomic E-state index is -0.236. The maximum atomic E-state index is 12.1. The van der Waals surface area contributed by atoms with E-state index in [9.17, 15) is 9.59 Å². The number of methoxy groups -OCH3 is 1. The predicted molar refractivity (Wildman–Crippen MR) is 89.6 cm³/mol. The minimum Gasteiger partial charge on any atom is -0.497 e. The molecular weight excluding hydrogens is 308 g/mol. The van der Waals surface area contributed by atoms with Crippen LogP contribution in [-0.2, 0) is 4.79 Å². The van der Waals surface area contributed by atoms with E-state index in [0.717, 1.165) is 18.5 Å². The molecule has 0 spiro atoms. The summed E-state index contributed by atoms with van der Waals surface area (Å²) in [5.41, 5.74) is 1.17. The Morgan fingerprint density at radius 1 is 1.38 bits per heavy atom. The molecule has 7 nitrogen and oxygen atoms in total. The molecule has 0 aliphatic heterocycles. The number of fused-ring (bicyclic) bond motifs is 1. The first-order valence-electron chi connectivity index (χ1n) is 7.72. The van der Waals surface area contributed by atoms with Crippen LogP contribution in [0.25, 0.3) is 16.6 Å². The Morgan fingerprint density at radius 2 is 2.21 bits per heavy atom. The van der Waals surface area contributed by atoms with E-state index in [2.05, 4.69) is 15.4 Å². The predicted octanol–water partition coefficient (Wildman–Crippen LogP) is 2.07. The fourth-order valence-corrected chi connectivity index (χ4v) is 2.62. The van der Waals surface area contributed by atoms with E-state index in [0.29, 0.717) is 22.5 Å². The Kier molecular flexibility index (Phi) is 3.34. The van der Waals surface area contributed by atoms with Gasteiger partial charge in [0.15, 0.2) is 0 Å². The standard InChI is InChI=1S/C17H16N4O3/c1-24-12-4-2-3-11(7-12)21-14-8-15(19-16(22)10-5-6-10)18-9-13(14)17(23)20-21/h2-4,7-10H,5-6H2,1H3,(H,20,23)(H,18,19,22). The molecule has 2 heterocycles. The number of carbonyl (C=O) groups is 1. The third-order valence-electron chi connectivity index (χ3n) is 4.09. The summed E-state index contributed by atoms with van der Waals surface area (Å²) in [6.07, 6.45) is 3.33. The second kappa shape index (κ2) is 5.52. The Labute approximate surface area is 137 Å². The zero-order valence-corrected chi connectivity index (χ0v) is 13.1. The number of nitrogens with zero attached hydrogens (tertiary/aromatic N) is 2. The third kappa shape index (κ3) is 2.54. The van der Waals surface area contributed by atoms with Crippen LogP contribution in [-0.4, -0.2) is 27.8 Å². The summed E-state index contributed by atoms with van der Waals surface area (Å²) in [4.78, 5) is 28.2. The van der Waals surface area contributed by atoms with Gasteiger partial charge >= 0.3 is 0 Å². The number of hydrogen-bond donors (Lipinski definition) is 2. The largest absolute Gasteiger partial charge is 0.497 e. The highest BCUT2D eigenvalue weighted by molar-refractivity contribution is 5.94. The minimum absolute atomic E-state index is 0.0207. The van der Waals surface area contributed by atoms with Crippen LogP contribution in [0.4, 0.5) is 5.82 Å². The molecule has 7 heteroatoms. The van der Waals surface area contributed by atoms with Crippen LogP contribution in [0, 0.1) is 5.92 Å². The monoisotopic (exact) mass is 324 g/mol. The molecule has 0 unspecified atom stereocenters. The number of pyridine rings is 1. The van der Waals surface area contributed by atoms with Crippen LogP contribution < -0.4 is 15.6 Å². The molecule has 0 radical (unpaired) electrons. The molecule has 122 valence electrons. The molecule has 1 aliphatic rings. The lowest BCUT2D eigenvalue weighted by Crippen LogP contribution is -2.14. The lowest BCUT2D eigenvalue weighted by Gasteiger charge is -2.08. The van der Waals surface area contributed by atoms with Gasteiger partial charge in [0.1, 0.15) is 11.6 Å². The van der Waals surface area contributed by atoms with Crippen molar-refractivity contribution in [3.05, 3.63) is 46.9 Å². The lowest BCUT2D eigenvalue weighted by molar-refractivity contribution is -0.117. The van der Waals surface area contributed by atoms with Gasteiger partial charge in [-0.1, -0.05) is 6.07 Å². The van der Waals surface area contributed by atoms with Gasteiger partial charge in [0.05, 0.1) is 23.7 Å². The first-order valence-corrected chi connectivity index (χ1v) is 7.72. The molecule has 1 aromatic carbocycles. The van der Waals surface area contributed by atoms with E-state index in [-0.39, 0.29) is 17.4 Å². The smallest absolute Gasteiger partial charge is 0.273 e. The van der Waals surface area contributed by atoms with Gasteiger partial charge in [-0.15, -0.1) is 0 Å². The topological polar surface area (TPSA) is 89.0 Å². The number of anilines is 1. The second-order valence-electron chi connectivity index (χ2n) is 5.83. The number of rotatable bonds is 4. The molecule has 1 amide bonds. The molecule has 4 rings (SSSR count). The first-order chi connectivity index (χ1) is 11.7. The fourth-order valence-electron chi connectivity index (χ4n) is 2.62. The SMILES string of the molecule is COc1cccc(-n2[nH]c(=O)c3cnc(NC(=O)C4CC4)cc32)c1. The van der Waals surface area contributed by atoms with Gasteiger partial charge < -0.3 is 10.1 Å². The van der Waals surface area contributed by atoms with Crippen molar-refractivity contribution in [2.75, 3.05) is 12.4 Å². The molecule has 1 saturated carbocycles. The summed E-state index contributed by atoms with van der Waals surface area (Å²) < 4.78 is 6.89. The summed E-state index contributed by atoms with van der Waals surface area (Å²) in [6.45, 7) is 0. The van der Waals surface area contributed by atoms with Crippen LogP contribution in [0.15, 0.2) is 41.3 Å². The number of aromatic nitrogens is 3. The molecule has 1 fully saturated rings. The molecule has 1 aliphatic carbocycles. The number of H-pyrrole nitrogens is 1. The van der Waals surface area contributed by atoms with Crippen molar-refractivity contribution in [3.63, 3.8) is 0 Å². The number of nitrogens with one attached hydrogen (secondary N) is 2. The summed E-state index contributed by atoms with van der Waals surface area (Å²) in [5.74, 6) is 1.20. The van der Waals surface area contributed by atoms with Gasteiger partial charge in [-0.3, -0.25) is 19.4 Å². The van der Waals surface area contributed by atoms with Crippen molar-refractivity contribution in [1.82, 2.24) is 14.8 Å². The van der Waals surface area contributed by atoms with Crippen molar-refractivity contribution >= 4 is 22.6 Å². The highest BCUT2D eigenvalue weighted by atomic mass is 16.5. The average Bonchev–Trinajstić information content (AvgIpc) is 3.40. The molecular formula is C17H16N4O3. The van der Waals surface area contributed by atoms with Crippen LogP contribution in [0.5, 0.6) is 5.75 Å². The van der Waals surface area contributed by atoms with Crippen molar-refractivity contribution in [1.29, 1.82) is 0 Å². The van der Waals surface area contributed by atoms with E-state index in [1.54, 1.807) is 17.9 Å². The van der Waals surface area contributed by atoms with Crippen molar-refractivity contribution in [2.24, 2.45) is 5.92 Å². The highest BCUT2D eigenvalue weighted by Crippen LogP contribution is 2.30. The van der Waals surface area contributed by atoms with Crippen molar-refractivity contribution in [3.8, 4) is 11.4 Å². The maximum absolute atomic E-state index is 12.1. The summed E-state index contributed by atoms with van der Waals surface area (Å²) >= 11 is 0. The molecule has 24 heavy (non-hydrogen) atoms. The van der Waals surface area contributed by atoms with Crippen LogP contribution in [0.1, 0.15) is 12.8 Å². The third-order valence-corrected chi connectivity index (χ3v) is 4.09. The van der Waals surface area contributed by atoms with Crippen molar-refractivity contribution in [2.45, 2.75) is 12.8 Å². The number of carbonyl (C=O) groups excluding carboxylic acids is 1. The number of hydrogen-bond acceptors (Lipinski definition) is 4. The Balaban J connectivity index is 1.79. The maximum Gasteiger partial charge on any atom is 0.273 e. The van der Waals surface area contributed by atoms with Crippen LogP contribution in [0.3, 0.4) is 0 Å². The van der Waals surface area contributed by atoms with Gasteiger partial charge in [0.2, 0.25) is 5.91 Å². The van der Waals surface area contributed by atoms with Crippen LogP contribution >= 0.6 is 0 Å². The molecule has 0 saturated heterocycles. The Hall–Kier alpha value is -3.09. The summed E-state index contributed by atoms with van der Waals surface area (Å²) in [6, 6.07) is 9.05. The number of amides is 1. The molecule has 3 aromatic rings. The number of benzene rings is 1. The normalized spacial score (nSPS) is 13.9. The average molecular weight is 324 g/mol. The van der Waals surface area contributed by atoms with E-state index in [1.165, 1.54) is 6.20 Å². The van der Waals surface area contributed by atoms with Crippen molar-refractivity contribution < 1.29 is 9.53 Å². The van der Waals surface area contributed by atoms with Gasteiger partial charge in [0, 0.05) is 24.2 Å². The zero-order valence-electron chi connectivity index (χ0n) is 13.1. The number of aromatic amines is 1. The first kappa shape index (κ1) is 14.5. The summed E-state index contributed by atoms with van der Waals surface area (Å²) in [5, 5.41) is 6.05. The summed E-state index contributed by atoms with van der Waals surface area (Å²) in [7, 11) is 1.59. The molecule has 2 N–H and O–H groups in total. The Morgan fingerprint density at radius 3 is 2.96 bits per heavy atom. The van der Waals surface area contributed by atoms with Gasteiger partial charge in [-0.05, 0) is 25.0 Å². The zero-order chi connectivity index (χ0) is 16.7. The molecule has 2 aromatic heterocycles. The van der Waals surface area contributed by atoms with E-state index < -0.39 is 0 Å². The lowest BCUT2D eigenvalue weighted by atomic mass is 10.2. The highest BCUT2D eigenvalue weighted by Gasteiger charge is 2.29. The molecule has 0 atom stereocenters. The Bertz CT molecular complexity index is 985. The second-order valence-corrected chi connectivity index (χ2v) is 5.83. The fraction of sp³-hybridized carbons (Fsp3) is 0.235. The quantitative estimate of drug-likeness (QED) is 0.769. The van der Waals surface area contributed by atoms with Gasteiger partial charge in [-0.2, -0.15) is 0 Å². The molecule has 0 bridgehead atoms. The van der Waals surface area contributed by atoms with Gasteiger partial charge in [0.25, 0.3) is 5.56 Å². The van der Waals surface area contributed by atoms with E-state index in [1.807, 2.05) is 24.3 Å². The van der Waals surface area contributed by atoms with Crippen LogP contribution in [0.2, 0.25) is 0 Å². The van der Waals surface area contributed by atoms with Gasteiger partial charge in [-0.25, -0.2) is 4.98 Å². The number of ether oxygens (including phenoxy) is 1.